The smallest absolute Gasteiger partial charge is 0.255 e. The second-order valence-electron chi connectivity index (χ2n) is 7.58. The van der Waals surface area contributed by atoms with Crippen LogP contribution >= 0.6 is 11.6 Å². The molecule has 3 amide bonds. The Kier molecular flexibility index (Phi) is 7.11. The van der Waals surface area contributed by atoms with E-state index in [1.165, 1.54) is 0 Å². The van der Waals surface area contributed by atoms with E-state index in [4.69, 9.17) is 11.6 Å². The molecule has 0 unspecified atom stereocenters. The highest BCUT2D eigenvalue weighted by Gasteiger charge is 2.33. The fourth-order valence-electron chi connectivity index (χ4n) is 3.34. The van der Waals surface area contributed by atoms with Crippen LogP contribution in [0, 0.1) is 12.8 Å². The third-order valence-electron chi connectivity index (χ3n) is 5.21. The van der Waals surface area contributed by atoms with Crippen LogP contribution in [0.5, 0.6) is 0 Å². The van der Waals surface area contributed by atoms with Crippen molar-refractivity contribution >= 4 is 40.7 Å². The largest absolute Gasteiger partial charge is 0.342 e. The van der Waals surface area contributed by atoms with Crippen LogP contribution in [0.3, 0.4) is 0 Å². The Morgan fingerprint density at radius 1 is 1.10 bits per heavy atom. The summed E-state index contributed by atoms with van der Waals surface area (Å²) < 4.78 is 0. The molecule has 0 radical (unpaired) electrons. The number of hydrogen-bond acceptors (Lipinski definition) is 3. The lowest BCUT2D eigenvalue weighted by Crippen LogP contribution is -2.29. The number of anilines is 2. The predicted molar refractivity (Wildman–Crippen MR) is 119 cm³/mol. The second kappa shape index (κ2) is 9.76. The van der Waals surface area contributed by atoms with Crippen molar-refractivity contribution in [3.63, 3.8) is 0 Å². The average molecular weight is 428 g/mol. The lowest BCUT2D eigenvalue weighted by molar-refractivity contribution is -0.128. The number of unbranched alkanes of at least 4 members (excludes halogenated alkanes) is 1. The van der Waals surface area contributed by atoms with Crippen molar-refractivity contribution in [3.8, 4) is 0 Å². The fourth-order valence-corrected chi connectivity index (χ4v) is 3.52. The van der Waals surface area contributed by atoms with Crippen molar-refractivity contribution in [3.05, 3.63) is 58.6 Å². The lowest BCUT2D eigenvalue weighted by atomic mass is 10.1. The van der Waals surface area contributed by atoms with Gasteiger partial charge in [-0.05, 0) is 55.3 Å². The van der Waals surface area contributed by atoms with Crippen molar-refractivity contribution < 1.29 is 14.4 Å². The van der Waals surface area contributed by atoms with Crippen LogP contribution in [0.4, 0.5) is 11.4 Å². The zero-order valence-corrected chi connectivity index (χ0v) is 18.0. The molecule has 2 N–H and O–H groups in total. The maximum atomic E-state index is 12.5. The third kappa shape index (κ3) is 5.39. The molecule has 2 aromatic rings. The summed E-state index contributed by atoms with van der Waals surface area (Å²) in [4.78, 5) is 38.8. The van der Waals surface area contributed by atoms with Crippen LogP contribution in [-0.4, -0.2) is 35.7 Å². The Hall–Kier alpha value is -2.86. The minimum atomic E-state index is -0.344. The summed E-state index contributed by atoms with van der Waals surface area (Å²) in [5.41, 5.74) is 2.61. The fraction of sp³-hybridized carbons (Fsp3) is 0.348. The van der Waals surface area contributed by atoms with Gasteiger partial charge in [0.15, 0.2) is 0 Å². The van der Waals surface area contributed by atoms with Gasteiger partial charge in [-0.2, -0.15) is 0 Å². The summed E-state index contributed by atoms with van der Waals surface area (Å²) in [5.74, 6) is -0.745. The van der Waals surface area contributed by atoms with Crippen LogP contribution in [0.1, 0.15) is 42.1 Å². The van der Waals surface area contributed by atoms with Gasteiger partial charge in [0.05, 0.1) is 5.92 Å². The first-order valence-corrected chi connectivity index (χ1v) is 10.5. The summed E-state index contributed by atoms with van der Waals surface area (Å²) >= 11 is 6.09. The van der Waals surface area contributed by atoms with Gasteiger partial charge in [0.25, 0.3) is 5.91 Å². The van der Waals surface area contributed by atoms with E-state index in [2.05, 4.69) is 17.6 Å². The molecule has 0 aromatic heterocycles. The highest BCUT2D eigenvalue weighted by molar-refractivity contribution is 6.31. The van der Waals surface area contributed by atoms with Crippen LogP contribution in [0.15, 0.2) is 42.5 Å². The molecule has 7 heteroatoms. The summed E-state index contributed by atoms with van der Waals surface area (Å²) in [6.07, 6.45) is 2.20. The molecule has 1 fully saturated rings. The normalized spacial score (nSPS) is 15.9. The van der Waals surface area contributed by atoms with E-state index in [-0.39, 0.29) is 30.1 Å². The molecule has 1 atom stereocenters. The second-order valence-corrected chi connectivity index (χ2v) is 7.99. The van der Waals surface area contributed by atoms with Crippen molar-refractivity contribution in [2.45, 2.75) is 33.1 Å². The van der Waals surface area contributed by atoms with Gasteiger partial charge in [0.1, 0.15) is 0 Å². The van der Waals surface area contributed by atoms with Gasteiger partial charge in [0, 0.05) is 41.5 Å². The first-order valence-electron chi connectivity index (χ1n) is 10.1. The number of nitrogens with one attached hydrogen (secondary N) is 2. The lowest BCUT2D eigenvalue weighted by Gasteiger charge is -2.16. The number of carbonyl (C=O) groups is 3. The number of amides is 3. The topological polar surface area (TPSA) is 78.5 Å². The van der Waals surface area contributed by atoms with Gasteiger partial charge in [-0.15, -0.1) is 0 Å². The molecule has 30 heavy (non-hydrogen) atoms. The third-order valence-corrected chi connectivity index (χ3v) is 5.62. The molecule has 0 saturated carbocycles. The van der Waals surface area contributed by atoms with E-state index >= 15 is 0 Å². The van der Waals surface area contributed by atoms with Crippen LogP contribution in [0.25, 0.3) is 0 Å². The van der Waals surface area contributed by atoms with Crippen molar-refractivity contribution in [2.75, 3.05) is 23.7 Å². The standard InChI is InChI=1S/C23H26ClN3O3/c1-3-4-11-27-14-17(12-21(27)28)23(30)25-18-9-6-16(7-10-18)22(29)26-19-8-5-15(2)20(24)13-19/h5-10,13,17H,3-4,11-12,14H2,1-2H3,(H,25,30)(H,26,29)/t17-/m0/s1. The minimum absolute atomic E-state index is 0.0341. The summed E-state index contributed by atoms with van der Waals surface area (Å²) in [6.45, 7) is 5.13. The number of hydrogen-bond donors (Lipinski definition) is 2. The number of halogens is 1. The Bertz CT molecular complexity index is 943. The number of rotatable bonds is 7. The Morgan fingerprint density at radius 2 is 1.80 bits per heavy atom. The molecule has 0 spiro atoms. The quantitative estimate of drug-likeness (QED) is 0.683. The Morgan fingerprint density at radius 3 is 2.47 bits per heavy atom. The van der Waals surface area contributed by atoms with Gasteiger partial charge in [-0.25, -0.2) is 0 Å². The van der Waals surface area contributed by atoms with Gasteiger partial charge in [-0.1, -0.05) is 31.0 Å². The predicted octanol–water partition coefficient (Wildman–Crippen LogP) is 4.49. The number of aryl methyl sites for hydroxylation is 1. The van der Waals surface area contributed by atoms with Crippen molar-refractivity contribution in [1.82, 2.24) is 4.90 Å². The monoisotopic (exact) mass is 427 g/mol. The molecule has 158 valence electrons. The van der Waals surface area contributed by atoms with E-state index in [9.17, 15) is 14.4 Å². The molecular weight excluding hydrogens is 402 g/mol. The first kappa shape index (κ1) is 21.8. The van der Waals surface area contributed by atoms with Crippen LogP contribution in [-0.2, 0) is 9.59 Å². The number of nitrogens with zero attached hydrogens (tertiary/aromatic N) is 1. The minimum Gasteiger partial charge on any atom is -0.342 e. The van der Waals surface area contributed by atoms with Crippen molar-refractivity contribution in [2.24, 2.45) is 5.92 Å². The van der Waals surface area contributed by atoms with E-state index < -0.39 is 0 Å². The molecule has 1 saturated heterocycles. The maximum absolute atomic E-state index is 12.5. The van der Waals surface area contributed by atoms with Crippen molar-refractivity contribution in [1.29, 1.82) is 0 Å². The molecule has 3 rings (SSSR count). The number of benzene rings is 2. The molecule has 0 aliphatic carbocycles. The number of carbonyl (C=O) groups excluding carboxylic acids is 3. The Balaban J connectivity index is 1.56. The zero-order valence-electron chi connectivity index (χ0n) is 17.2. The van der Waals surface area contributed by atoms with E-state index in [0.717, 1.165) is 18.4 Å². The highest BCUT2D eigenvalue weighted by atomic mass is 35.5. The molecule has 1 heterocycles. The summed E-state index contributed by atoms with van der Waals surface area (Å²) in [5, 5.41) is 6.24. The zero-order chi connectivity index (χ0) is 21.7. The van der Waals surface area contributed by atoms with Gasteiger partial charge >= 0.3 is 0 Å². The maximum Gasteiger partial charge on any atom is 0.255 e. The summed E-state index contributed by atoms with van der Waals surface area (Å²) in [6, 6.07) is 12.0. The van der Waals surface area contributed by atoms with Crippen LogP contribution < -0.4 is 10.6 Å². The van der Waals surface area contributed by atoms with E-state index in [0.29, 0.717) is 35.1 Å². The van der Waals surface area contributed by atoms with Gasteiger partial charge < -0.3 is 15.5 Å². The first-order chi connectivity index (χ1) is 14.4. The SMILES string of the molecule is CCCCN1C[C@@H](C(=O)Nc2ccc(C(=O)Nc3ccc(C)c(Cl)c3)cc2)CC1=O. The molecule has 2 aromatic carbocycles. The molecule has 1 aliphatic heterocycles. The van der Waals surface area contributed by atoms with E-state index in [1.807, 2.05) is 13.0 Å². The molecule has 1 aliphatic rings. The van der Waals surface area contributed by atoms with Crippen LogP contribution in [0.2, 0.25) is 5.02 Å². The van der Waals surface area contributed by atoms with Gasteiger partial charge in [0.2, 0.25) is 11.8 Å². The molecule has 6 nitrogen and oxygen atoms in total. The summed E-state index contributed by atoms with van der Waals surface area (Å²) in [7, 11) is 0. The average Bonchev–Trinajstić information content (AvgIpc) is 3.10. The van der Waals surface area contributed by atoms with Gasteiger partial charge in [-0.3, -0.25) is 14.4 Å². The molecular formula is C23H26ClN3O3. The highest BCUT2D eigenvalue weighted by Crippen LogP contribution is 2.22. The van der Waals surface area contributed by atoms with E-state index in [1.54, 1.807) is 41.3 Å². The number of likely N-dealkylation sites (tertiary alicyclic amines) is 1. The molecule has 0 bridgehead atoms. The Labute approximate surface area is 181 Å².